The van der Waals surface area contributed by atoms with Crippen molar-refractivity contribution in [3.8, 4) is 5.75 Å². The van der Waals surface area contributed by atoms with Crippen LogP contribution in [0.25, 0.3) is 16.8 Å². The molecule has 0 aliphatic heterocycles. The van der Waals surface area contributed by atoms with Crippen LogP contribution in [0.1, 0.15) is 70.3 Å². The first-order valence-corrected chi connectivity index (χ1v) is 12.2. The first-order chi connectivity index (χ1) is 13.0. The van der Waals surface area contributed by atoms with Gasteiger partial charge in [-0.2, -0.15) is 0 Å². The predicted octanol–water partition coefficient (Wildman–Crippen LogP) is 7.58. The average molecular weight is 388 g/mol. The molecule has 0 saturated carbocycles. The molecule has 1 N–H and O–H groups in total. The summed E-state index contributed by atoms with van der Waals surface area (Å²) < 4.78 is 16.4. The Morgan fingerprint density at radius 3 is 2.26 bits per heavy atom. The SMILES string of the molecule is CCCCCCCCCC/C=C/c1ccc2cc(OP(C)(=O)O)ccc2c1. The van der Waals surface area contributed by atoms with Gasteiger partial charge in [0.15, 0.2) is 0 Å². The molecule has 0 aliphatic rings. The average Bonchev–Trinajstić information content (AvgIpc) is 2.62. The Morgan fingerprint density at radius 1 is 0.926 bits per heavy atom. The molecule has 0 radical (unpaired) electrons. The van der Waals surface area contributed by atoms with Crippen LogP contribution < -0.4 is 4.52 Å². The van der Waals surface area contributed by atoms with Crippen molar-refractivity contribution in [2.45, 2.75) is 64.7 Å². The van der Waals surface area contributed by atoms with Crippen molar-refractivity contribution in [2.24, 2.45) is 0 Å². The van der Waals surface area contributed by atoms with E-state index in [2.05, 4.69) is 31.2 Å². The van der Waals surface area contributed by atoms with Gasteiger partial charge in [-0.15, -0.1) is 0 Å². The van der Waals surface area contributed by atoms with Gasteiger partial charge in [-0.05, 0) is 47.4 Å². The van der Waals surface area contributed by atoms with Gasteiger partial charge in [-0.1, -0.05) is 82.2 Å². The van der Waals surface area contributed by atoms with Crippen LogP contribution in [0.2, 0.25) is 0 Å². The second kappa shape index (κ2) is 11.3. The van der Waals surface area contributed by atoms with Gasteiger partial charge in [0.25, 0.3) is 0 Å². The molecule has 0 heterocycles. The highest BCUT2D eigenvalue weighted by molar-refractivity contribution is 7.52. The summed E-state index contributed by atoms with van der Waals surface area (Å²) in [7, 11) is -3.52. The highest BCUT2D eigenvalue weighted by Gasteiger charge is 2.11. The van der Waals surface area contributed by atoms with Crippen LogP contribution >= 0.6 is 7.60 Å². The lowest BCUT2D eigenvalue weighted by atomic mass is 10.1. The molecule has 2 aromatic rings. The van der Waals surface area contributed by atoms with Gasteiger partial charge in [0.2, 0.25) is 0 Å². The molecule has 2 rings (SSSR count). The lowest BCUT2D eigenvalue weighted by Crippen LogP contribution is -1.89. The fraction of sp³-hybridized carbons (Fsp3) is 0.478. The van der Waals surface area contributed by atoms with E-state index in [1.807, 2.05) is 12.1 Å². The minimum Gasteiger partial charge on any atom is -0.425 e. The summed E-state index contributed by atoms with van der Waals surface area (Å²) >= 11 is 0. The standard InChI is InChI=1S/C23H33O3P/c1-3-4-5-6-7-8-9-10-11-12-13-20-14-15-22-19-23(26-27(2,24)25)17-16-21(22)18-20/h12-19H,3-11H2,1-2H3,(H,24,25)/b13-12+. The van der Waals surface area contributed by atoms with Gasteiger partial charge in [0, 0.05) is 6.66 Å². The zero-order valence-corrected chi connectivity index (χ0v) is 17.6. The molecule has 0 aliphatic carbocycles. The minimum atomic E-state index is -3.52. The van der Waals surface area contributed by atoms with Crippen molar-refractivity contribution < 1.29 is 14.0 Å². The Balaban J connectivity index is 1.77. The molecule has 0 saturated heterocycles. The molecule has 3 nitrogen and oxygen atoms in total. The van der Waals surface area contributed by atoms with Gasteiger partial charge in [-0.25, -0.2) is 4.57 Å². The molecule has 0 aromatic heterocycles. The largest absolute Gasteiger partial charge is 0.425 e. The first-order valence-electron chi connectivity index (χ1n) is 10.2. The summed E-state index contributed by atoms with van der Waals surface area (Å²) in [5, 5.41) is 2.10. The zero-order valence-electron chi connectivity index (χ0n) is 16.7. The highest BCUT2D eigenvalue weighted by atomic mass is 31.2. The van der Waals surface area contributed by atoms with Gasteiger partial charge >= 0.3 is 7.60 Å². The summed E-state index contributed by atoms with van der Waals surface area (Å²) in [6.07, 6.45) is 16.4. The molecule has 0 fully saturated rings. The van der Waals surface area contributed by atoms with E-state index in [4.69, 9.17) is 4.52 Å². The monoisotopic (exact) mass is 388 g/mol. The topological polar surface area (TPSA) is 46.5 Å². The fourth-order valence-corrected chi connectivity index (χ4v) is 3.72. The van der Waals surface area contributed by atoms with E-state index >= 15 is 0 Å². The van der Waals surface area contributed by atoms with Crippen molar-refractivity contribution in [1.82, 2.24) is 0 Å². The molecule has 1 atom stereocenters. The highest BCUT2D eigenvalue weighted by Crippen LogP contribution is 2.39. The molecule has 2 aromatic carbocycles. The number of benzene rings is 2. The first kappa shape index (κ1) is 21.7. The number of rotatable bonds is 12. The lowest BCUT2D eigenvalue weighted by Gasteiger charge is -2.09. The third-order valence-corrected chi connectivity index (χ3v) is 5.19. The molecule has 0 bridgehead atoms. The molecule has 0 spiro atoms. The van der Waals surface area contributed by atoms with E-state index in [9.17, 15) is 9.46 Å². The van der Waals surface area contributed by atoms with Crippen LogP contribution in [0, 0.1) is 0 Å². The van der Waals surface area contributed by atoms with Gasteiger partial charge < -0.3 is 9.42 Å². The second-order valence-corrected chi connectivity index (χ2v) is 9.12. The third kappa shape index (κ3) is 8.77. The predicted molar refractivity (Wildman–Crippen MR) is 117 cm³/mol. The van der Waals surface area contributed by atoms with E-state index in [0.717, 1.165) is 17.2 Å². The lowest BCUT2D eigenvalue weighted by molar-refractivity contribution is 0.388. The maximum absolute atomic E-state index is 11.4. The van der Waals surface area contributed by atoms with Gasteiger partial charge in [0.05, 0.1) is 0 Å². The summed E-state index contributed by atoms with van der Waals surface area (Å²) in [5.74, 6) is 0.425. The van der Waals surface area contributed by atoms with Crippen LogP contribution in [0.5, 0.6) is 5.75 Å². The molecule has 148 valence electrons. The maximum atomic E-state index is 11.4. The summed E-state index contributed by atoms with van der Waals surface area (Å²) in [6, 6.07) is 11.7. The quantitative estimate of drug-likeness (QED) is 0.301. The van der Waals surface area contributed by atoms with Crippen LogP contribution in [0.3, 0.4) is 0 Å². The van der Waals surface area contributed by atoms with Crippen molar-refractivity contribution in [3.63, 3.8) is 0 Å². The molecule has 27 heavy (non-hydrogen) atoms. The Bertz CT molecular complexity index is 776. The summed E-state index contributed by atoms with van der Waals surface area (Å²) in [4.78, 5) is 9.33. The number of allylic oxidation sites excluding steroid dienone is 1. The fourth-order valence-electron chi connectivity index (χ4n) is 3.21. The van der Waals surface area contributed by atoms with E-state index in [1.165, 1.54) is 63.6 Å². The molecule has 0 amide bonds. The molecular formula is C23H33O3P. The molecular weight excluding hydrogens is 355 g/mol. The van der Waals surface area contributed by atoms with Crippen molar-refractivity contribution in [2.75, 3.05) is 6.66 Å². The smallest absolute Gasteiger partial charge is 0.373 e. The summed E-state index contributed by atoms with van der Waals surface area (Å²) in [6.45, 7) is 3.45. The second-order valence-electron chi connectivity index (χ2n) is 7.33. The van der Waals surface area contributed by atoms with Crippen LogP contribution in [0.4, 0.5) is 0 Å². The third-order valence-electron chi connectivity index (χ3n) is 4.65. The normalized spacial score (nSPS) is 13.9. The Labute approximate surface area is 164 Å². The van der Waals surface area contributed by atoms with Crippen molar-refractivity contribution in [3.05, 3.63) is 48.0 Å². The molecule has 1 unspecified atom stereocenters. The maximum Gasteiger partial charge on any atom is 0.373 e. The van der Waals surface area contributed by atoms with Crippen molar-refractivity contribution >= 4 is 24.4 Å². The number of unbranched alkanes of at least 4 members (excludes halogenated alkanes) is 8. The van der Waals surface area contributed by atoms with E-state index in [0.29, 0.717) is 5.75 Å². The van der Waals surface area contributed by atoms with E-state index in [1.54, 1.807) is 12.1 Å². The van der Waals surface area contributed by atoms with Crippen LogP contribution in [0.15, 0.2) is 42.5 Å². The van der Waals surface area contributed by atoms with Gasteiger partial charge in [0.1, 0.15) is 5.75 Å². The van der Waals surface area contributed by atoms with E-state index in [-0.39, 0.29) is 0 Å². The van der Waals surface area contributed by atoms with Crippen LogP contribution in [-0.2, 0) is 4.57 Å². The van der Waals surface area contributed by atoms with Crippen LogP contribution in [-0.4, -0.2) is 11.6 Å². The Kier molecular flexibility index (Phi) is 9.10. The van der Waals surface area contributed by atoms with E-state index < -0.39 is 7.60 Å². The van der Waals surface area contributed by atoms with Gasteiger partial charge in [-0.3, -0.25) is 0 Å². The zero-order chi connectivity index (χ0) is 19.5. The Hall–Kier alpha value is -1.57. The summed E-state index contributed by atoms with van der Waals surface area (Å²) in [5.41, 5.74) is 1.18. The van der Waals surface area contributed by atoms with Crippen molar-refractivity contribution in [1.29, 1.82) is 0 Å². The number of hydrogen-bond acceptors (Lipinski definition) is 2. The number of fused-ring (bicyclic) bond motifs is 1. The molecule has 4 heteroatoms. The minimum absolute atomic E-state index is 0.425. The number of hydrogen-bond donors (Lipinski definition) is 1. The Morgan fingerprint density at radius 2 is 1.56 bits per heavy atom.